The third-order valence-electron chi connectivity index (χ3n) is 2.83. The van der Waals surface area contributed by atoms with E-state index < -0.39 is 13.5 Å². The van der Waals surface area contributed by atoms with Crippen LogP contribution in [0.4, 0.5) is 0 Å². The topological polar surface area (TPSA) is 0 Å². The van der Waals surface area contributed by atoms with Gasteiger partial charge in [-0.15, -0.1) is 0 Å². The van der Waals surface area contributed by atoms with Gasteiger partial charge in [-0.1, -0.05) is 0 Å². The van der Waals surface area contributed by atoms with Gasteiger partial charge in [-0.25, -0.2) is 0 Å². The molecular formula is C15H14Cl2Ru. The first-order valence-electron chi connectivity index (χ1n) is 5.69. The third kappa shape index (κ3) is 4.02. The fourth-order valence-corrected chi connectivity index (χ4v) is 3.45. The van der Waals surface area contributed by atoms with Crippen molar-refractivity contribution < 1.29 is 13.5 Å². The first-order valence-corrected chi connectivity index (χ1v) is 11.2. The molecule has 0 nitrogen and oxygen atoms in total. The van der Waals surface area contributed by atoms with Crippen molar-refractivity contribution in [3.63, 3.8) is 0 Å². The molecule has 0 radical (unpaired) electrons. The van der Waals surface area contributed by atoms with Crippen LogP contribution < -0.4 is 0 Å². The molecule has 0 saturated heterocycles. The molecule has 18 heavy (non-hydrogen) atoms. The zero-order valence-corrected chi connectivity index (χ0v) is 13.0. The van der Waals surface area contributed by atoms with Crippen LogP contribution in [0.15, 0.2) is 60.7 Å². The molecule has 3 heteroatoms. The van der Waals surface area contributed by atoms with Crippen LogP contribution in [-0.4, -0.2) is 4.61 Å². The minimum absolute atomic E-state index is 0.348. The first-order chi connectivity index (χ1) is 8.77. The summed E-state index contributed by atoms with van der Waals surface area (Å²) in [6, 6.07) is 21.0. The molecule has 0 amide bonds. The van der Waals surface area contributed by atoms with E-state index in [4.69, 9.17) is 19.4 Å². The molecule has 2 aromatic carbocycles. The second kappa shape index (κ2) is 7.19. The van der Waals surface area contributed by atoms with Crippen LogP contribution in [0.2, 0.25) is 0 Å². The van der Waals surface area contributed by atoms with Gasteiger partial charge in [0.05, 0.1) is 0 Å². The van der Waals surface area contributed by atoms with Crippen LogP contribution in [-0.2, 0) is 13.5 Å². The van der Waals surface area contributed by atoms with Crippen molar-refractivity contribution >= 4 is 24.0 Å². The Kier molecular flexibility index (Phi) is 5.56. The van der Waals surface area contributed by atoms with E-state index in [1.54, 1.807) is 0 Å². The Morgan fingerprint density at radius 1 is 0.833 bits per heavy atom. The second-order valence-electron chi connectivity index (χ2n) is 3.96. The van der Waals surface area contributed by atoms with E-state index in [1.807, 2.05) is 12.1 Å². The van der Waals surface area contributed by atoms with Gasteiger partial charge in [0.2, 0.25) is 0 Å². The molecular weight excluding hydrogens is 352 g/mol. The Bertz CT molecular complexity index is 465. The Labute approximate surface area is 121 Å². The zero-order chi connectivity index (χ0) is 12.8. The Balaban J connectivity index is 2.32. The van der Waals surface area contributed by atoms with Crippen LogP contribution in [0.3, 0.4) is 0 Å². The molecule has 2 rings (SSSR count). The fraction of sp³-hybridized carbons (Fsp3) is 0.133. The molecule has 0 bridgehead atoms. The molecule has 0 fully saturated rings. The van der Waals surface area contributed by atoms with Gasteiger partial charge < -0.3 is 0 Å². The van der Waals surface area contributed by atoms with E-state index in [1.165, 1.54) is 11.1 Å². The summed E-state index contributed by atoms with van der Waals surface area (Å²) < 4.78 is 2.08. The molecule has 2 aromatic rings. The molecule has 0 heterocycles. The quantitative estimate of drug-likeness (QED) is 0.673. The predicted octanol–water partition coefficient (Wildman–Crippen LogP) is 4.94. The van der Waals surface area contributed by atoms with Gasteiger partial charge in [0.25, 0.3) is 0 Å². The van der Waals surface area contributed by atoms with Crippen LogP contribution >= 0.6 is 19.4 Å². The van der Waals surface area contributed by atoms with E-state index in [0.717, 1.165) is 6.42 Å². The molecule has 0 saturated carbocycles. The summed E-state index contributed by atoms with van der Waals surface area (Å²) in [6.45, 7) is 0. The molecule has 0 aromatic heterocycles. The van der Waals surface area contributed by atoms with Gasteiger partial charge >= 0.3 is 122 Å². The minimum atomic E-state index is -1.69. The summed E-state index contributed by atoms with van der Waals surface area (Å²) in [7, 11) is 11.9. The molecule has 0 spiro atoms. The summed E-state index contributed by atoms with van der Waals surface area (Å²) in [5.74, 6) is 0.348. The molecule has 0 unspecified atom stereocenters. The number of hydrogen-bond donors (Lipinski definition) is 0. The normalized spacial score (nSPS) is 11.4. The van der Waals surface area contributed by atoms with E-state index in [9.17, 15) is 0 Å². The molecule has 0 atom stereocenters. The van der Waals surface area contributed by atoms with Crippen LogP contribution in [0, 0.1) is 0 Å². The van der Waals surface area contributed by atoms with E-state index in [0.29, 0.717) is 5.92 Å². The van der Waals surface area contributed by atoms with Crippen molar-refractivity contribution in [2.24, 2.45) is 0 Å². The van der Waals surface area contributed by atoms with Gasteiger partial charge in [-0.05, 0) is 0 Å². The molecule has 0 aliphatic heterocycles. The Morgan fingerprint density at radius 3 is 1.67 bits per heavy atom. The fourth-order valence-electron chi connectivity index (χ4n) is 1.98. The molecule has 0 N–H and O–H groups in total. The van der Waals surface area contributed by atoms with Crippen molar-refractivity contribution in [3.8, 4) is 0 Å². The van der Waals surface area contributed by atoms with Gasteiger partial charge in [-0.2, -0.15) is 0 Å². The zero-order valence-electron chi connectivity index (χ0n) is 9.74. The first kappa shape index (κ1) is 13.9. The van der Waals surface area contributed by atoms with Crippen molar-refractivity contribution in [3.05, 3.63) is 71.8 Å². The van der Waals surface area contributed by atoms with E-state index in [2.05, 4.69) is 53.1 Å². The number of benzene rings is 2. The molecule has 0 aliphatic carbocycles. The summed E-state index contributed by atoms with van der Waals surface area (Å²) >= 11 is -1.69. The predicted molar refractivity (Wildman–Crippen MR) is 77.1 cm³/mol. The monoisotopic (exact) mass is 366 g/mol. The van der Waals surface area contributed by atoms with Crippen LogP contribution in [0.1, 0.15) is 23.5 Å². The van der Waals surface area contributed by atoms with Crippen LogP contribution in [0.5, 0.6) is 0 Å². The van der Waals surface area contributed by atoms with E-state index >= 15 is 0 Å². The van der Waals surface area contributed by atoms with Crippen molar-refractivity contribution in [1.29, 1.82) is 0 Å². The van der Waals surface area contributed by atoms with Gasteiger partial charge in [-0.3, -0.25) is 0 Å². The average Bonchev–Trinajstić information content (AvgIpc) is 2.41. The second-order valence-corrected chi connectivity index (χ2v) is 9.89. The third-order valence-corrected chi connectivity index (χ3v) is 5.07. The van der Waals surface area contributed by atoms with Gasteiger partial charge in [0, 0.05) is 0 Å². The number of hydrogen-bond acceptors (Lipinski definition) is 0. The average molecular weight is 366 g/mol. The summed E-state index contributed by atoms with van der Waals surface area (Å²) in [6.07, 6.45) is 0.903. The summed E-state index contributed by atoms with van der Waals surface area (Å²) in [4.78, 5) is 0. The number of halogens is 2. The van der Waals surface area contributed by atoms with Crippen molar-refractivity contribution in [2.75, 3.05) is 0 Å². The summed E-state index contributed by atoms with van der Waals surface area (Å²) in [5.41, 5.74) is 2.62. The van der Waals surface area contributed by atoms with Gasteiger partial charge in [0.15, 0.2) is 0 Å². The Morgan fingerprint density at radius 2 is 1.28 bits per heavy atom. The standard InChI is InChI=1S/C15H14.2ClH.Ru/c1-2-15(13-9-5-3-6-10-13)14-11-7-4-8-12-14;;;/h1,3-12,15H,2H2;2*1H;/q;;;+2/p-2. The van der Waals surface area contributed by atoms with E-state index in [-0.39, 0.29) is 0 Å². The van der Waals surface area contributed by atoms with Crippen LogP contribution in [0.25, 0.3) is 0 Å². The van der Waals surface area contributed by atoms with Crippen molar-refractivity contribution in [2.45, 2.75) is 12.3 Å². The number of rotatable bonds is 4. The maximum atomic E-state index is 5.95. The van der Waals surface area contributed by atoms with Gasteiger partial charge in [0.1, 0.15) is 0 Å². The summed E-state index contributed by atoms with van der Waals surface area (Å²) in [5, 5.41) is 0. The maximum absolute atomic E-state index is 5.95. The van der Waals surface area contributed by atoms with Crippen molar-refractivity contribution in [1.82, 2.24) is 0 Å². The molecule has 0 aliphatic rings. The Hall–Kier alpha value is -0.487. The SMILES string of the molecule is [Cl][Ru]([Cl])=[CH]CC(c1ccccc1)c1ccccc1. The molecule has 96 valence electrons.